The Hall–Kier alpha value is -0.870. The van der Waals surface area contributed by atoms with Crippen LogP contribution in [0.2, 0.25) is 0 Å². The molecule has 0 spiro atoms. The van der Waals surface area contributed by atoms with Crippen LogP contribution < -0.4 is 0 Å². The van der Waals surface area contributed by atoms with Crippen LogP contribution in [0.1, 0.15) is 20.8 Å². The summed E-state index contributed by atoms with van der Waals surface area (Å²) in [6.07, 6.45) is 0. The molecule has 0 atom stereocenters. The van der Waals surface area contributed by atoms with Gasteiger partial charge >= 0.3 is 5.97 Å². The molecule has 4 nitrogen and oxygen atoms in total. The monoisotopic (exact) mass is 185 g/mol. The van der Waals surface area contributed by atoms with E-state index in [4.69, 9.17) is 9.47 Å². The van der Waals surface area contributed by atoms with Crippen LogP contribution >= 0.6 is 0 Å². The highest BCUT2D eigenvalue weighted by atomic mass is 16.6. The number of esters is 1. The van der Waals surface area contributed by atoms with Gasteiger partial charge in [0.15, 0.2) is 0 Å². The summed E-state index contributed by atoms with van der Waals surface area (Å²) in [5, 5.41) is 0. The maximum absolute atomic E-state index is 11.0. The van der Waals surface area contributed by atoms with E-state index >= 15 is 0 Å². The Morgan fingerprint density at radius 1 is 1.69 bits per heavy atom. The number of carbonyl (C=O) groups is 1. The number of carbonyl (C=O) groups excluding carboxylic acids is 1. The predicted octanol–water partition coefficient (Wildman–Crippen LogP) is 1.09. The Bertz CT molecular complexity index is 235. The van der Waals surface area contributed by atoms with Crippen LogP contribution in [0.15, 0.2) is 12.2 Å². The molecule has 4 heteroatoms. The maximum Gasteiger partial charge on any atom is 0.334 e. The van der Waals surface area contributed by atoms with Gasteiger partial charge in [0.1, 0.15) is 19.2 Å². The van der Waals surface area contributed by atoms with Crippen molar-refractivity contribution < 1.29 is 14.3 Å². The van der Waals surface area contributed by atoms with Crippen LogP contribution in [0.5, 0.6) is 0 Å². The minimum Gasteiger partial charge on any atom is -0.446 e. The quantitative estimate of drug-likeness (QED) is 0.487. The van der Waals surface area contributed by atoms with Crippen molar-refractivity contribution in [3.05, 3.63) is 12.2 Å². The van der Waals surface area contributed by atoms with E-state index in [1.807, 2.05) is 18.7 Å². The summed E-state index contributed by atoms with van der Waals surface area (Å²) < 4.78 is 10.2. The molecule has 0 aliphatic carbocycles. The van der Waals surface area contributed by atoms with E-state index in [1.54, 1.807) is 6.92 Å². The van der Waals surface area contributed by atoms with Crippen LogP contribution in [0.4, 0.5) is 0 Å². The van der Waals surface area contributed by atoms with Crippen molar-refractivity contribution in [2.24, 2.45) is 0 Å². The third-order valence-corrected chi connectivity index (χ3v) is 2.04. The average Bonchev–Trinajstić information content (AvgIpc) is 2.02. The molecule has 0 aromatic heterocycles. The van der Waals surface area contributed by atoms with Gasteiger partial charge in [-0.25, -0.2) is 9.69 Å². The lowest BCUT2D eigenvalue weighted by molar-refractivity contribution is -0.300. The number of hydrogen-bond acceptors (Lipinski definition) is 4. The van der Waals surface area contributed by atoms with E-state index in [0.29, 0.717) is 12.3 Å². The molecule has 0 bridgehead atoms. The standard InChI is InChI=1S/C9H15NO3/c1-7(2)8(11)12-5-10-6-13-9(10,3)4/h1,5-6H2,2-4H3. The Morgan fingerprint density at radius 2 is 2.31 bits per heavy atom. The van der Waals surface area contributed by atoms with Crippen molar-refractivity contribution in [1.82, 2.24) is 4.90 Å². The van der Waals surface area contributed by atoms with Gasteiger partial charge in [0.05, 0.1) is 0 Å². The first-order valence-corrected chi connectivity index (χ1v) is 4.15. The van der Waals surface area contributed by atoms with Gasteiger partial charge in [-0.2, -0.15) is 0 Å². The zero-order chi connectivity index (χ0) is 10.1. The molecule has 74 valence electrons. The van der Waals surface area contributed by atoms with Crippen molar-refractivity contribution in [1.29, 1.82) is 0 Å². The first-order chi connectivity index (χ1) is 5.93. The first kappa shape index (κ1) is 10.2. The van der Waals surface area contributed by atoms with Crippen molar-refractivity contribution in [3.8, 4) is 0 Å². The number of ether oxygens (including phenoxy) is 2. The van der Waals surface area contributed by atoms with E-state index in [-0.39, 0.29) is 18.4 Å². The van der Waals surface area contributed by atoms with Crippen molar-refractivity contribution in [2.75, 3.05) is 13.5 Å². The Morgan fingerprint density at radius 3 is 2.62 bits per heavy atom. The van der Waals surface area contributed by atoms with E-state index in [2.05, 4.69) is 6.58 Å². The van der Waals surface area contributed by atoms with Crippen molar-refractivity contribution in [2.45, 2.75) is 26.5 Å². The SMILES string of the molecule is C=C(C)C(=O)OCN1COC1(C)C. The van der Waals surface area contributed by atoms with Gasteiger partial charge in [-0.3, -0.25) is 0 Å². The summed E-state index contributed by atoms with van der Waals surface area (Å²) in [4.78, 5) is 12.9. The molecular weight excluding hydrogens is 170 g/mol. The van der Waals surface area contributed by atoms with Gasteiger partial charge in [0.25, 0.3) is 0 Å². The Balaban J connectivity index is 2.28. The molecule has 1 aliphatic heterocycles. The highest BCUT2D eigenvalue weighted by molar-refractivity contribution is 5.86. The molecule has 1 heterocycles. The minimum atomic E-state index is -0.359. The van der Waals surface area contributed by atoms with E-state index < -0.39 is 0 Å². The van der Waals surface area contributed by atoms with E-state index in [1.165, 1.54) is 0 Å². The van der Waals surface area contributed by atoms with Gasteiger partial charge in [-0.05, 0) is 20.8 Å². The fourth-order valence-corrected chi connectivity index (χ4v) is 0.867. The third kappa shape index (κ3) is 2.29. The molecule has 0 aromatic carbocycles. The highest BCUT2D eigenvalue weighted by Crippen LogP contribution is 2.25. The predicted molar refractivity (Wildman–Crippen MR) is 47.6 cm³/mol. The smallest absolute Gasteiger partial charge is 0.334 e. The lowest BCUT2D eigenvalue weighted by Gasteiger charge is -2.46. The Kier molecular flexibility index (Phi) is 2.73. The number of hydrogen-bond donors (Lipinski definition) is 0. The zero-order valence-corrected chi connectivity index (χ0v) is 8.29. The van der Waals surface area contributed by atoms with Crippen LogP contribution in [-0.2, 0) is 14.3 Å². The first-order valence-electron chi connectivity index (χ1n) is 4.15. The fourth-order valence-electron chi connectivity index (χ4n) is 0.867. The summed E-state index contributed by atoms with van der Waals surface area (Å²) in [6.45, 7) is 9.73. The molecule has 1 rings (SSSR count). The van der Waals surface area contributed by atoms with Crippen LogP contribution in [0.25, 0.3) is 0 Å². The second kappa shape index (κ2) is 3.47. The van der Waals surface area contributed by atoms with Crippen LogP contribution in [-0.4, -0.2) is 30.1 Å². The lowest BCUT2D eigenvalue weighted by atomic mass is 10.2. The zero-order valence-electron chi connectivity index (χ0n) is 8.29. The fraction of sp³-hybridized carbons (Fsp3) is 0.667. The molecule has 0 radical (unpaired) electrons. The average molecular weight is 185 g/mol. The second-order valence-electron chi connectivity index (χ2n) is 3.60. The summed E-state index contributed by atoms with van der Waals surface area (Å²) in [5.74, 6) is -0.359. The van der Waals surface area contributed by atoms with E-state index in [0.717, 1.165) is 0 Å². The molecular formula is C9H15NO3. The minimum absolute atomic E-state index is 0.263. The molecule has 1 fully saturated rings. The van der Waals surface area contributed by atoms with Gasteiger partial charge < -0.3 is 9.47 Å². The number of nitrogens with zero attached hydrogens (tertiary/aromatic N) is 1. The molecule has 1 saturated heterocycles. The van der Waals surface area contributed by atoms with E-state index in [9.17, 15) is 4.79 Å². The summed E-state index contributed by atoms with van der Waals surface area (Å²) in [5.41, 5.74) is 0.106. The van der Waals surface area contributed by atoms with Gasteiger partial charge in [-0.15, -0.1) is 0 Å². The van der Waals surface area contributed by atoms with Gasteiger partial charge in [0.2, 0.25) is 0 Å². The number of rotatable bonds is 3. The van der Waals surface area contributed by atoms with Crippen molar-refractivity contribution >= 4 is 5.97 Å². The molecule has 0 N–H and O–H groups in total. The van der Waals surface area contributed by atoms with Crippen molar-refractivity contribution in [3.63, 3.8) is 0 Å². The molecule has 0 unspecified atom stereocenters. The normalized spacial score (nSPS) is 20.5. The van der Waals surface area contributed by atoms with Crippen LogP contribution in [0, 0.1) is 0 Å². The maximum atomic E-state index is 11.0. The topological polar surface area (TPSA) is 38.8 Å². The molecule has 0 saturated carbocycles. The largest absolute Gasteiger partial charge is 0.446 e. The highest BCUT2D eigenvalue weighted by Gasteiger charge is 2.37. The molecule has 0 amide bonds. The summed E-state index contributed by atoms with van der Waals surface area (Å²) in [7, 11) is 0. The summed E-state index contributed by atoms with van der Waals surface area (Å²) >= 11 is 0. The van der Waals surface area contributed by atoms with Gasteiger partial charge in [0, 0.05) is 5.57 Å². The third-order valence-electron chi connectivity index (χ3n) is 2.04. The van der Waals surface area contributed by atoms with Gasteiger partial charge in [-0.1, -0.05) is 6.58 Å². The lowest BCUT2D eigenvalue weighted by Crippen LogP contribution is -2.59. The van der Waals surface area contributed by atoms with Crippen LogP contribution in [0.3, 0.4) is 0 Å². The Labute approximate surface area is 78.1 Å². The molecule has 0 aromatic rings. The second-order valence-corrected chi connectivity index (χ2v) is 3.60. The molecule has 1 aliphatic rings. The molecule has 13 heavy (non-hydrogen) atoms. The summed E-state index contributed by atoms with van der Waals surface area (Å²) in [6, 6.07) is 0.